The first kappa shape index (κ1) is 20.4. The normalized spacial score (nSPS) is 14.8. The van der Waals surface area contributed by atoms with Gasteiger partial charge in [0.2, 0.25) is 15.9 Å². The van der Waals surface area contributed by atoms with Crippen LogP contribution in [0.5, 0.6) is 0 Å². The van der Waals surface area contributed by atoms with Crippen LogP contribution in [0, 0.1) is 0 Å². The van der Waals surface area contributed by atoms with E-state index in [0.29, 0.717) is 12.1 Å². The summed E-state index contributed by atoms with van der Waals surface area (Å²) in [5.41, 5.74) is 3.29. The molecule has 1 heterocycles. The molecule has 0 spiro atoms. The molecule has 0 saturated heterocycles. The number of anilines is 1. The van der Waals surface area contributed by atoms with Gasteiger partial charge >= 0.3 is 0 Å². The van der Waals surface area contributed by atoms with Crippen molar-refractivity contribution in [3.8, 4) is 0 Å². The molecule has 3 rings (SSSR count). The number of amides is 1. The third kappa shape index (κ3) is 4.72. The minimum Gasteiger partial charge on any atom is -0.371 e. The molecule has 150 valence electrons. The van der Waals surface area contributed by atoms with Gasteiger partial charge in [0.15, 0.2) is 0 Å². The Morgan fingerprint density at radius 1 is 1.14 bits per heavy atom. The maximum absolute atomic E-state index is 12.8. The zero-order chi connectivity index (χ0) is 20.1. The summed E-state index contributed by atoms with van der Waals surface area (Å²) in [5, 5.41) is 2.91. The van der Waals surface area contributed by atoms with Crippen LogP contribution in [0.2, 0.25) is 0 Å². The Balaban J connectivity index is 1.59. The Morgan fingerprint density at radius 2 is 1.82 bits per heavy atom. The SMILES string of the molecule is CN([C@@H](C(=O)NCCCN1CCc2ccccc21)c1ccccc1)S(C)(=O)=O. The topological polar surface area (TPSA) is 69.7 Å². The van der Waals surface area contributed by atoms with E-state index in [2.05, 4.69) is 28.4 Å². The number of nitrogens with one attached hydrogen (secondary N) is 1. The van der Waals surface area contributed by atoms with E-state index < -0.39 is 16.1 Å². The zero-order valence-electron chi connectivity index (χ0n) is 16.3. The highest BCUT2D eigenvalue weighted by Crippen LogP contribution is 2.27. The van der Waals surface area contributed by atoms with Gasteiger partial charge in [-0.1, -0.05) is 48.5 Å². The average Bonchev–Trinajstić information content (AvgIpc) is 3.09. The molecule has 2 aromatic rings. The van der Waals surface area contributed by atoms with E-state index in [1.54, 1.807) is 24.3 Å². The van der Waals surface area contributed by atoms with Crippen molar-refractivity contribution in [2.75, 3.05) is 37.8 Å². The molecule has 1 aliphatic rings. The molecule has 1 amide bonds. The van der Waals surface area contributed by atoms with Crippen LogP contribution in [0.25, 0.3) is 0 Å². The van der Waals surface area contributed by atoms with E-state index in [4.69, 9.17) is 0 Å². The fourth-order valence-corrected chi connectivity index (χ4v) is 4.17. The molecule has 0 saturated carbocycles. The Kier molecular flexibility index (Phi) is 6.36. The smallest absolute Gasteiger partial charge is 0.242 e. The third-order valence-corrected chi connectivity index (χ3v) is 6.39. The summed E-state index contributed by atoms with van der Waals surface area (Å²) in [4.78, 5) is 15.1. The first-order valence-corrected chi connectivity index (χ1v) is 11.3. The molecule has 0 fully saturated rings. The van der Waals surface area contributed by atoms with Gasteiger partial charge in [-0.3, -0.25) is 4.79 Å². The fraction of sp³-hybridized carbons (Fsp3) is 0.381. The molecule has 0 bridgehead atoms. The molecule has 1 aliphatic heterocycles. The standard InChI is InChI=1S/C21H27N3O3S/c1-23(28(2,26)27)20(18-10-4-3-5-11-18)21(25)22-14-8-15-24-16-13-17-9-6-7-12-19(17)24/h3-7,9-12,20H,8,13-16H2,1-2H3,(H,22,25)/t20-/m1/s1. The maximum Gasteiger partial charge on any atom is 0.242 e. The maximum atomic E-state index is 12.8. The van der Waals surface area contributed by atoms with Crippen molar-refractivity contribution in [1.29, 1.82) is 0 Å². The minimum atomic E-state index is -3.51. The number of likely N-dealkylation sites (N-methyl/N-ethyl adjacent to an activating group) is 1. The van der Waals surface area contributed by atoms with Gasteiger partial charge in [-0.05, 0) is 30.0 Å². The first-order valence-electron chi connectivity index (χ1n) is 9.46. The van der Waals surface area contributed by atoms with Gasteiger partial charge in [0, 0.05) is 32.4 Å². The average molecular weight is 402 g/mol. The minimum absolute atomic E-state index is 0.305. The van der Waals surface area contributed by atoms with E-state index >= 15 is 0 Å². The van der Waals surface area contributed by atoms with Gasteiger partial charge in [-0.25, -0.2) is 8.42 Å². The summed E-state index contributed by atoms with van der Waals surface area (Å²) in [7, 11) is -2.07. The second kappa shape index (κ2) is 8.75. The van der Waals surface area contributed by atoms with Crippen molar-refractivity contribution in [1.82, 2.24) is 9.62 Å². The van der Waals surface area contributed by atoms with Crippen molar-refractivity contribution in [3.05, 3.63) is 65.7 Å². The van der Waals surface area contributed by atoms with Crippen LogP contribution in [0.4, 0.5) is 5.69 Å². The van der Waals surface area contributed by atoms with Crippen molar-refractivity contribution in [2.45, 2.75) is 18.9 Å². The number of fused-ring (bicyclic) bond motifs is 1. The highest BCUT2D eigenvalue weighted by molar-refractivity contribution is 7.88. The Morgan fingerprint density at radius 3 is 2.54 bits per heavy atom. The summed E-state index contributed by atoms with van der Waals surface area (Å²) in [5.74, 6) is -0.305. The lowest BCUT2D eigenvalue weighted by atomic mass is 10.1. The molecule has 28 heavy (non-hydrogen) atoms. The van der Waals surface area contributed by atoms with Crippen LogP contribution in [-0.2, 0) is 21.2 Å². The summed E-state index contributed by atoms with van der Waals surface area (Å²) in [6, 6.07) is 16.5. The monoisotopic (exact) mass is 401 g/mol. The van der Waals surface area contributed by atoms with Crippen LogP contribution < -0.4 is 10.2 Å². The number of benzene rings is 2. The number of hydrogen-bond acceptors (Lipinski definition) is 4. The number of hydrogen-bond donors (Lipinski definition) is 1. The molecule has 6 nitrogen and oxygen atoms in total. The van der Waals surface area contributed by atoms with Crippen LogP contribution >= 0.6 is 0 Å². The number of carbonyl (C=O) groups is 1. The summed E-state index contributed by atoms with van der Waals surface area (Å²) in [6.45, 7) is 2.35. The molecule has 7 heteroatoms. The van der Waals surface area contributed by atoms with Crippen molar-refractivity contribution in [3.63, 3.8) is 0 Å². The second-order valence-electron chi connectivity index (χ2n) is 7.10. The predicted molar refractivity (Wildman–Crippen MR) is 112 cm³/mol. The number of nitrogens with zero attached hydrogens (tertiary/aromatic N) is 2. The van der Waals surface area contributed by atoms with E-state index in [9.17, 15) is 13.2 Å². The van der Waals surface area contributed by atoms with Gasteiger partial charge < -0.3 is 10.2 Å². The molecule has 0 aliphatic carbocycles. The first-order chi connectivity index (χ1) is 13.4. The fourth-order valence-electron chi connectivity index (χ4n) is 3.57. The van der Waals surface area contributed by atoms with Crippen molar-refractivity contribution < 1.29 is 13.2 Å². The van der Waals surface area contributed by atoms with E-state index in [1.165, 1.54) is 18.3 Å². The zero-order valence-corrected chi connectivity index (χ0v) is 17.2. The van der Waals surface area contributed by atoms with Crippen molar-refractivity contribution in [2.24, 2.45) is 0 Å². The molecular formula is C21H27N3O3S. The van der Waals surface area contributed by atoms with E-state index in [0.717, 1.165) is 36.5 Å². The van der Waals surface area contributed by atoms with Gasteiger partial charge in [-0.2, -0.15) is 4.31 Å². The largest absolute Gasteiger partial charge is 0.371 e. The Labute approximate surface area is 167 Å². The summed E-state index contributed by atoms with van der Waals surface area (Å²) < 4.78 is 25.1. The second-order valence-corrected chi connectivity index (χ2v) is 9.14. The van der Waals surface area contributed by atoms with Gasteiger partial charge in [0.05, 0.1) is 6.26 Å². The molecule has 0 radical (unpaired) electrons. The molecular weight excluding hydrogens is 374 g/mol. The number of carbonyl (C=O) groups excluding carboxylic acids is 1. The van der Waals surface area contributed by atoms with Crippen LogP contribution in [0.1, 0.15) is 23.6 Å². The van der Waals surface area contributed by atoms with E-state index in [-0.39, 0.29) is 5.91 Å². The molecule has 1 N–H and O–H groups in total. The number of para-hydroxylation sites is 1. The lowest BCUT2D eigenvalue weighted by molar-refractivity contribution is -0.124. The summed E-state index contributed by atoms with van der Waals surface area (Å²) >= 11 is 0. The predicted octanol–water partition coefficient (Wildman–Crippen LogP) is 2.19. The Hall–Kier alpha value is -2.38. The Bertz CT molecular complexity index is 916. The quantitative estimate of drug-likeness (QED) is 0.689. The van der Waals surface area contributed by atoms with Crippen LogP contribution in [0.3, 0.4) is 0 Å². The van der Waals surface area contributed by atoms with E-state index in [1.807, 2.05) is 12.1 Å². The van der Waals surface area contributed by atoms with Gasteiger partial charge in [0.1, 0.15) is 6.04 Å². The molecule has 0 unspecified atom stereocenters. The van der Waals surface area contributed by atoms with Gasteiger partial charge in [0.25, 0.3) is 0 Å². The highest BCUT2D eigenvalue weighted by Gasteiger charge is 2.30. The molecule has 1 atom stereocenters. The number of rotatable bonds is 8. The third-order valence-electron chi connectivity index (χ3n) is 5.14. The van der Waals surface area contributed by atoms with Crippen LogP contribution in [-0.4, -0.2) is 51.6 Å². The van der Waals surface area contributed by atoms with Gasteiger partial charge in [-0.15, -0.1) is 0 Å². The number of sulfonamides is 1. The molecule has 0 aromatic heterocycles. The highest BCUT2D eigenvalue weighted by atomic mass is 32.2. The van der Waals surface area contributed by atoms with Crippen LogP contribution in [0.15, 0.2) is 54.6 Å². The lowest BCUT2D eigenvalue weighted by Gasteiger charge is -2.26. The molecule has 2 aromatic carbocycles. The summed E-state index contributed by atoms with van der Waals surface area (Å²) in [6.07, 6.45) is 2.96. The van der Waals surface area contributed by atoms with Crippen molar-refractivity contribution >= 4 is 21.6 Å². The lowest BCUT2D eigenvalue weighted by Crippen LogP contribution is -2.41.